The molecule has 0 bridgehead atoms. The SMILES string of the molecule is CCOC(=O)c1c(C)cc(C(=O)O)c(C(=O)O)c1C. The summed E-state index contributed by atoms with van der Waals surface area (Å²) < 4.78 is 4.85. The van der Waals surface area contributed by atoms with Crippen LogP contribution < -0.4 is 0 Å². The molecular weight excluding hydrogens is 252 g/mol. The number of aryl methyl sites for hydroxylation is 1. The molecule has 0 aliphatic rings. The Morgan fingerprint density at radius 3 is 2.11 bits per heavy atom. The normalized spacial score (nSPS) is 10.1. The summed E-state index contributed by atoms with van der Waals surface area (Å²) in [7, 11) is 0. The molecule has 19 heavy (non-hydrogen) atoms. The van der Waals surface area contributed by atoms with Crippen molar-refractivity contribution in [3.63, 3.8) is 0 Å². The van der Waals surface area contributed by atoms with Crippen LogP contribution in [0, 0.1) is 13.8 Å². The van der Waals surface area contributed by atoms with Gasteiger partial charge in [0.25, 0.3) is 0 Å². The van der Waals surface area contributed by atoms with Gasteiger partial charge in [-0.1, -0.05) is 0 Å². The van der Waals surface area contributed by atoms with Gasteiger partial charge in [-0.25, -0.2) is 14.4 Å². The van der Waals surface area contributed by atoms with Gasteiger partial charge in [0.2, 0.25) is 0 Å². The predicted molar refractivity (Wildman–Crippen MR) is 65.8 cm³/mol. The van der Waals surface area contributed by atoms with Crippen LogP contribution in [0.15, 0.2) is 6.07 Å². The van der Waals surface area contributed by atoms with Crippen LogP contribution in [0.2, 0.25) is 0 Å². The molecule has 0 saturated heterocycles. The summed E-state index contributed by atoms with van der Waals surface area (Å²) in [5.74, 6) is -3.39. The van der Waals surface area contributed by atoms with E-state index in [-0.39, 0.29) is 28.9 Å². The van der Waals surface area contributed by atoms with E-state index in [2.05, 4.69) is 0 Å². The maximum Gasteiger partial charge on any atom is 0.338 e. The van der Waals surface area contributed by atoms with Crippen molar-refractivity contribution in [1.82, 2.24) is 0 Å². The molecule has 0 unspecified atom stereocenters. The van der Waals surface area contributed by atoms with E-state index in [0.29, 0.717) is 5.56 Å². The molecule has 0 radical (unpaired) electrons. The lowest BCUT2D eigenvalue weighted by Gasteiger charge is -2.13. The van der Waals surface area contributed by atoms with E-state index >= 15 is 0 Å². The van der Waals surface area contributed by atoms with Gasteiger partial charge in [-0.2, -0.15) is 0 Å². The first-order valence-corrected chi connectivity index (χ1v) is 5.59. The molecule has 2 N–H and O–H groups in total. The molecule has 1 aromatic carbocycles. The van der Waals surface area contributed by atoms with Gasteiger partial charge in [0, 0.05) is 0 Å². The minimum absolute atomic E-state index is 0.100. The van der Waals surface area contributed by atoms with E-state index in [4.69, 9.17) is 14.9 Å². The summed E-state index contributed by atoms with van der Waals surface area (Å²) in [6, 6.07) is 1.17. The van der Waals surface area contributed by atoms with Crippen LogP contribution in [0.4, 0.5) is 0 Å². The monoisotopic (exact) mass is 266 g/mol. The highest BCUT2D eigenvalue weighted by molar-refractivity contribution is 6.06. The Morgan fingerprint density at radius 1 is 1.11 bits per heavy atom. The molecule has 0 fully saturated rings. The zero-order valence-corrected chi connectivity index (χ0v) is 10.8. The second kappa shape index (κ2) is 5.51. The average molecular weight is 266 g/mol. The maximum absolute atomic E-state index is 11.8. The highest BCUT2D eigenvalue weighted by atomic mass is 16.5. The number of hydrogen-bond donors (Lipinski definition) is 2. The van der Waals surface area contributed by atoms with Crippen LogP contribution in [0.3, 0.4) is 0 Å². The van der Waals surface area contributed by atoms with Gasteiger partial charge in [-0.3, -0.25) is 0 Å². The van der Waals surface area contributed by atoms with Gasteiger partial charge in [-0.15, -0.1) is 0 Å². The van der Waals surface area contributed by atoms with E-state index in [1.807, 2.05) is 0 Å². The van der Waals surface area contributed by atoms with Crippen molar-refractivity contribution < 1.29 is 29.3 Å². The molecule has 0 amide bonds. The van der Waals surface area contributed by atoms with E-state index in [1.165, 1.54) is 19.9 Å². The number of carboxylic acid groups (broad SMARTS) is 2. The summed E-state index contributed by atoms with van der Waals surface area (Å²) in [6.07, 6.45) is 0. The maximum atomic E-state index is 11.8. The fourth-order valence-corrected chi connectivity index (χ4v) is 1.95. The number of ether oxygens (including phenoxy) is 1. The third kappa shape index (κ3) is 2.73. The zero-order chi connectivity index (χ0) is 14.7. The number of hydrogen-bond acceptors (Lipinski definition) is 4. The van der Waals surface area contributed by atoms with Crippen LogP contribution in [0.25, 0.3) is 0 Å². The van der Waals surface area contributed by atoms with E-state index in [1.54, 1.807) is 6.92 Å². The lowest BCUT2D eigenvalue weighted by molar-refractivity contribution is 0.0523. The second-order valence-electron chi connectivity index (χ2n) is 3.95. The Hall–Kier alpha value is -2.37. The number of aromatic carboxylic acids is 2. The Balaban J connectivity index is 3.61. The van der Waals surface area contributed by atoms with Crippen molar-refractivity contribution in [3.05, 3.63) is 33.9 Å². The molecule has 0 atom stereocenters. The standard InChI is InChI=1S/C13H14O6/c1-4-19-13(18)9-6(2)5-8(11(14)15)10(7(9)3)12(16)17/h5H,4H2,1-3H3,(H,14,15)(H,16,17). The Kier molecular flexibility index (Phi) is 4.26. The minimum atomic E-state index is -1.39. The van der Waals surface area contributed by atoms with Crippen LogP contribution in [0.1, 0.15) is 49.1 Å². The van der Waals surface area contributed by atoms with Crippen LogP contribution >= 0.6 is 0 Å². The number of benzene rings is 1. The van der Waals surface area contributed by atoms with Crippen LogP contribution in [-0.4, -0.2) is 34.7 Å². The summed E-state index contributed by atoms with van der Waals surface area (Å²) in [4.78, 5) is 34.0. The number of esters is 1. The first kappa shape index (κ1) is 14.7. The van der Waals surface area contributed by atoms with Crippen molar-refractivity contribution in [2.75, 3.05) is 6.61 Å². The quantitative estimate of drug-likeness (QED) is 0.807. The first-order chi connectivity index (χ1) is 8.81. The van der Waals surface area contributed by atoms with Crippen molar-refractivity contribution in [2.45, 2.75) is 20.8 Å². The van der Waals surface area contributed by atoms with Gasteiger partial charge < -0.3 is 14.9 Å². The predicted octanol–water partition coefficient (Wildman–Crippen LogP) is 1.88. The highest BCUT2D eigenvalue weighted by Crippen LogP contribution is 2.24. The zero-order valence-electron chi connectivity index (χ0n) is 10.8. The summed E-state index contributed by atoms with van der Waals surface area (Å²) in [5.41, 5.74) is -0.150. The largest absolute Gasteiger partial charge is 0.478 e. The molecule has 0 aromatic heterocycles. The smallest absolute Gasteiger partial charge is 0.338 e. The fraction of sp³-hybridized carbons (Fsp3) is 0.308. The minimum Gasteiger partial charge on any atom is -0.478 e. The summed E-state index contributed by atoms with van der Waals surface area (Å²) in [6.45, 7) is 4.72. The molecule has 0 spiro atoms. The van der Waals surface area contributed by atoms with Crippen molar-refractivity contribution in [2.24, 2.45) is 0 Å². The average Bonchev–Trinajstić information content (AvgIpc) is 2.27. The van der Waals surface area contributed by atoms with Gasteiger partial charge in [0.15, 0.2) is 0 Å². The Bertz CT molecular complexity index is 559. The lowest BCUT2D eigenvalue weighted by Crippen LogP contribution is -2.17. The Labute approximate surface area is 109 Å². The van der Waals surface area contributed by atoms with Crippen LogP contribution in [-0.2, 0) is 4.74 Å². The van der Waals surface area contributed by atoms with E-state index in [9.17, 15) is 14.4 Å². The molecule has 0 saturated carbocycles. The van der Waals surface area contributed by atoms with Crippen molar-refractivity contribution in [3.8, 4) is 0 Å². The van der Waals surface area contributed by atoms with Gasteiger partial charge >= 0.3 is 17.9 Å². The lowest BCUT2D eigenvalue weighted by atomic mass is 9.93. The molecule has 1 rings (SSSR count). The summed E-state index contributed by atoms with van der Waals surface area (Å²) in [5, 5.41) is 18.1. The van der Waals surface area contributed by atoms with Gasteiger partial charge in [0.1, 0.15) is 0 Å². The fourth-order valence-electron chi connectivity index (χ4n) is 1.95. The van der Waals surface area contributed by atoms with Gasteiger partial charge in [-0.05, 0) is 38.0 Å². The third-order valence-electron chi connectivity index (χ3n) is 2.70. The molecular formula is C13H14O6. The number of carboxylic acids is 2. The number of rotatable bonds is 4. The number of carbonyl (C=O) groups is 3. The molecule has 6 nitrogen and oxygen atoms in total. The van der Waals surface area contributed by atoms with Gasteiger partial charge in [0.05, 0.1) is 23.3 Å². The van der Waals surface area contributed by atoms with Crippen LogP contribution in [0.5, 0.6) is 0 Å². The van der Waals surface area contributed by atoms with E-state index in [0.717, 1.165) is 0 Å². The topological polar surface area (TPSA) is 101 Å². The molecule has 0 aliphatic carbocycles. The summed E-state index contributed by atoms with van der Waals surface area (Å²) >= 11 is 0. The molecule has 0 aliphatic heterocycles. The molecule has 6 heteroatoms. The first-order valence-electron chi connectivity index (χ1n) is 5.59. The molecule has 1 aromatic rings. The Morgan fingerprint density at radius 2 is 1.68 bits per heavy atom. The van der Waals surface area contributed by atoms with Crippen molar-refractivity contribution in [1.29, 1.82) is 0 Å². The molecule has 102 valence electrons. The third-order valence-corrected chi connectivity index (χ3v) is 2.70. The van der Waals surface area contributed by atoms with E-state index < -0.39 is 17.9 Å². The second-order valence-corrected chi connectivity index (χ2v) is 3.95. The highest BCUT2D eigenvalue weighted by Gasteiger charge is 2.25. The van der Waals surface area contributed by atoms with Crippen molar-refractivity contribution >= 4 is 17.9 Å². The number of carbonyl (C=O) groups excluding carboxylic acids is 1. The molecule has 0 heterocycles.